The average molecular weight is 277 g/mol. The van der Waals surface area contributed by atoms with E-state index in [9.17, 15) is 4.79 Å². The number of hydrogen-bond acceptors (Lipinski definition) is 4. The Balaban J connectivity index is 2.25. The third-order valence-electron chi connectivity index (χ3n) is 3.87. The van der Waals surface area contributed by atoms with E-state index in [4.69, 9.17) is 9.47 Å². The zero-order chi connectivity index (χ0) is 14.4. The van der Waals surface area contributed by atoms with Crippen LogP contribution in [0.25, 0.3) is 0 Å². The Hall–Kier alpha value is -1.39. The molecule has 1 saturated carbocycles. The summed E-state index contributed by atoms with van der Waals surface area (Å²) in [4.78, 5) is 12.4. The van der Waals surface area contributed by atoms with Gasteiger partial charge in [-0.25, -0.2) is 4.79 Å². The van der Waals surface area contributed by atoms with Gasteiger partial charge >= 0.3 is 5.97 Å². The van der Waals surface area contributed by atoms with Gasteiger partial charge in [0.1, 0.15) is 0 Å². The smallest absolute Gasteiger partial charge is 0.333 e. The first-order valence-electron chi connectivity index (χ1n) is 7.23. The first-order chi connectivity index (χ1) is 9.73. The molecule has 20 heavy (non-hydrogen) atoms. The van der Waals surface area contributed by atoms with Crippen molar-refractivity contribution in [2.75, 3.05) is 20.3 Å². The molecule has 1 N–H and O–H groups in total. The Labute approximate surface area is 120 Å². The lowest BCUT2D eigenvalue weighted by atomic mass is 9.89. The third-order valence-corrected chi connectivity index (χ3v) is 3.87. The van der Waals surface area contributed by atoms with E-state index < -0.39 is 5.54 Å². The number of hydrogen-bond donors (Lipinski definition) is 1. The molecule has 0 aliphatic heterocycles. The van der Waals surface area contributed by atoms with Crippen LogP contribution in [-0.4, -0.2) is 32.3 Å². The Morgan fingerprint density at radius 2 is 2.05 bits per heavy atom. The van der Waals surface area contributed by atoms with Crippen molar-refractivity contribution in [3.05, 3.63) is 35.9 Å². The maximum absolute atomic E-state index is 12.4. The van der Waals surface area contributed by atoms with Gasteiger partial charge in [0.05, 0.1) is 19.8 Å². The first kappa shape index (κ1) is 15.0. The van der Waals surface area contributed by atoms with Crippen molar-refractivity contribution >= 4 is 5.97 Å². The number of carbonyl (C=O) groups excluding carboxylic acids is 1. The Bertz CT molecular complexity index is 431. The van der Waals surface area contributed by atoms with E-state index in [0.29, 0.717) is 13.2 Å². The third kappa shape index (κ3) is 3.02. The van der Waals surface area contributed by atoms with E-state index in [0.717, 1.165) is 18.4 Å². The molecule has 0 heterocycles. The number of carbonyl (C=O) groups is 1. The lowest BCUT2D eigenvalue weighted by Crippen LogP contribution is -2.54. The van der Waals surface area contributed by atoms with Crippen molar-refractivity contribution in [3.63, 3.8) is 0 Å². The normalized spacial score (nSPS) is 18.1. The summed E-state index contributed by atoms with van der Waals surface area (Å²) in [5.74, 6) is -0.301. The van der Waals surface area contributed by atoms with Crippen LogP contribution in [0.4, 0.5) is 0 Å². The summed E-state index contributed by atoms with van der Waals surface area (Å²) in [5.41, 5.74) is -0.0339. The second-order valence-electron chi connectivity index (χ2n) is 5.16. The number of ether oxygens (including phenoxy) is 2. The molecule has 4 nitrogen and oxygen atoms in total. The quantitative estimate of drug-likeness (QED) is 0.776. The summed E-state index contributed by atoms with van der Waals surface area (Å²) in [7, 11) is 1.42. The number of esters is 1. The van der Waals surface area contributed by atoms with Gasteiger partial charge in [-0.1, -0.05) is 37.3 Å². The van der Waals surface area contributed by atoms with Gasteiger partial charge in [-0.15, -0.1) is 0 Å². The average Bonchev–Trinajstić information content (AvgIpc) is 2.44. The molecule has 4 heteroatoms. The Morgan fingerprint density at radius 3 is 2.55 bits per heavy atom. The fraction of sp³-hybridized carbons (Fsp3) is 0.562. The van der Waals surface area contributed by atoms with Crippen molar-refractivity contribution in [2.45, 2.75) is 37.8 Å². The highest BCUT2D eigenvalue weighted by Crippen LogP contribution is 2.28. The monoisotopic (exact) mass is 277 g/mol. The molecule has 1 aliphatic rings. The minimum Gasteiger partial charge on any atom is -0.467 e. The Kier molecular flexibility index (Phi) is 5.15. The van der Waals surface area contributed by atoms with Crippen LogP contribution in [0.3, 0.4) is 0 Å². The summed E-state index contributed by atoms with van der Waals surface area (Å²) in [5, 5.41) is 3.27. The summed E-state index contributed by atoms with van der Waals surface area (Å²) in [6, 6.07) is 9.65. The molecule has 0 amide bonds. The number of benzene rings is 1. The zero-order valence-electron chi connectivity index (χ0n) is 12.2. The molecule has 1 aliphatic carbocycles. The van der Waals surface area contributed by atoms with Gasteiger partial charge in [-0.2, -0.15) is 0 Å². The van der Waals surface area contributed by atoms with Crippen molar-refractivity contribution in [1.82, 2.24) is 5.32 Å². The van der Waals surface area contributed by atoms with Crippen LogP contribution in [-0.2, 0) is 19.8 Å². The van der Waals surface area contributed by atoms with Crippen LogP contribution < -0.4 is 5.32 Å². The molecule has 110 valence electrons. The van der Waals surface area contributed by atoms with Crippen LogP contribution in [0.2, 0.25) is 0 Å². The van der Waals surface area contributed by atoms with E-state index in [1.807, 2.05) is 37.3 Å². The van der Waals surface area contributed by atoms with Gasteiger partial charge in [0.25, 0.3) is 0 Å². The fourth-order valence-corrected chi connectivity index (χ4v) is 2.46. The largest absolute Gasteiger partial charge is 0.467 e. The standard InChI is InChI=1S/C16H23NO3/c1-3-17-16(15(18)19-2,12-20-14-10-7-11-14)13-8-5-4-6-9-13/h4-6,8-9,14,17H,3,7,10-12H2,1-2H3. The summed E-state index contributed by atoms with van der Waals surface area (Å²) >= 11 is 0. The predicted octanol–water partition coefficient (Wildman–Crippen LogP) is 2.23. The molecule has 1 aromatic rings. The molecule has 1 unspecified atom stereocenters. The van der Waals surface area contributed by atoms with Crippen molar-refractivity contribution < 1.29 is 14.3 Å². The molecule has 0 aromatic heterocycles. The maximum atomic E-state index is 12.4. The van der Waals surface area contributed by atoms with E-state index in [1.54, 1.807) is 0 Å². The SMILES string of the molecule is CCNC(COC1CCC1)(C(=O)OC)c1ccccc1. The second kappa shape index (κ2) is 6.86. The van der Waals surface area contributed by atoms with Gasteiger partial charge in [0.15, 0.2) is 5.54 Å². The number of rotatable bonds is 7. The topological polar surface area (TPSA) is 47.6 Å². The van der Waals surface area contributed by atoms with E-state index in [1.165, 1.54) is 13.5 Å². The molecular formula is C16H23NO3. The van der Waals surface area contributed by atoms with Crippen LogP contribution in [0.15, 0.2) is 30.3 Å². The minimum absolute atomic E-state index is 0.279. The van der Waals surface area contributed by atoms with Gasteiger partial charge in [-0.05, 0) is 31.4 Å². The maximum Gasteiger partial charge on any atom is 0.333 e. The lowest BCUT2D eigenvalue weighted by Gasteiger charge is -2.35. The van der Waals surface area contributed by atoms with Gasteiger partial charge in [0, 0.05) is 0 Å². The van der Waals surface area contributed by atoms with E-state index in [-0.39, 0.29) is 12.1 Å². The van der Waals surface area contributed by atoms with Gasteiger partial charge in [0.2, 0.25) is 0 Å². The summed E-state index contributed by atoms with van der Waals surface area (Å²) in [6.45, 7) is 2.95. The highest BCUT2D eigenvalue weighted by molar-refractivity contribution is 5.82. The molecular weight excluding hydrogens is 254 g/mol. The Morgan fingerprint density at radius 1 is 1.35 bits per heavy atom. The molecule has 0 radical (unpaired) electrons. The van der Waals surface area contributed by atoms with Gasteiger partial charge < -0.3 is 9.47 Å². The minimum atomic E-state index is -0.916. The highest BCUT2D eigenvalue weighted by Gasteiger charge is 2.42. The number of likely N-dealkylation sites (N-methyl/N-ethyl adjacent to an activating group) is 1. The van der Waals surface area contributed by atoms with E-state index in [2.05, 4.69) is 5.32 Å². The zero-order valence-corrected chi connectivity index (χ0v) is 12.2. The molecule has 1 fully saturated rings. The molecule has 1 atom stereocenters. The second-order valence-corrected chi connectivity index (χ2v) is 5.16. The number of nitrogens with one attached hydrogen (secondary N) is 1. The molecule has 1 aromatic carbocycles. The highest BCUT2D eigenvalue weighted by atomic mass is 16.5. The van der Waals surface area contributed by atoms with Crippen LogP contribution >= 0.6 is 0 Å². The van der Waals surface area contributed by atoms with Crippen molar-refractivity contribution in [3.8, 4) is 0 Å². The summed E-state index contributed by atoms with van der Waals surface area (Å²) < 4.78 is 10.9. The molecule has 0 spiro atoms. The van der Waals surface area contributed by atoms with Crippen LogP contribution in [0.5, 0.6) is 0 Å². The van der Waals surface area contributed by atoms with Gasteiger partial charge in [-0.3, -0.25) is 5.32 Å². The van der Waals surface area contributed by atoms with Crippen LogP contribution in [0.1, 0.15) is 31.7 Å². The van der Waals surface area contributed by atoms with E-state index >= 15 is 0 Å². The number of methoxy groups -OCH3 is 1. The first-order valence-corrected chi connectivity index (χ1v) is 7.23. The predicted molar refractivity (Wildman–Crippen MR) is 77.4 cm³/mol. The summed E-state index contributed by atoms with van der Waals surface area (Å²) in [6.07, 6.45) is 3.65. The van der Waals surface area contributed by atoms with Crippen molar-refractivity contribution in [1.29, 1.82) is 0 Å². The van der Waals surface area contributed by atoms with Crippen LogP contribution in [0, 0.1) is 0 Å². The lowest BCUT2D eigenvalue weighted by molar-refractivity contribution is -0.154. The molecule has 0 saturated heterocycles. The molecule has 0 bridgehead atoms. The fourth-order valence-electron chi connectivity index (χ4n) is 2.46. The van der Waals surface area contributed by atoms with Crippen molar-refractivity contribution in [2.24, 2.45) is 0 Å². The molecule has 2 rings (SSSR count).